The Hall–Kier alpha value is -0.643. The zero-order chi connectivity index (χ0) is 15.3. The van der Waals surface area contributed by atoms with Gasteiger partial charge in [-0.3, -0.25) is 0 Å². The largest absolute Gasteiger partial charge is 0.412 e. The molecule has 2 nitrogen and oxygen atoms in total. The lowest BCUT2D eigenvalue weighted by Crippen LogP contribution is -2.47. The van der Waals surface area contributed by atoms with E-state index in [-0.39, 0.29) is 6.61 Å². The molecule has 3 heteroatoms. The molecule has 0 radical (unpaired) electrons. The van der Waals surface area contributed by atoms with Crippen LogP contribution in [0.4, 0.5) is 0 Å². The second-order valence-electron chi connectivity index (χ2n) is 6.58. The highest BCUT2D eigenvalue weighted by molar-refractivity contribution is 6.77. The zero-order valence-electron chi connectivity index (χ0n) is 13.8. The van der Waals surface area contributed by atoms with Crippen molar-refractivity contribution in [3.8, 4) is 0 Å². The van der Waals surface area contributed by atoms with Crippen LogP contribution in [0.5, 0.6) is 0 Å². The van der Waals surface area contributed by atoms with Gasteiger partial charge in [0.05, 0.1) is 13.2 Å². The average molecular weight is 295 g/mol. The third-order valence-corrected chi connectivity index (χ3v) is 10.4. The summed E-state index contributed by atoms with van der Waals surface area (Å²) in [5.74, 6) is 0. The highest BCUT2D eigenvalue weighted by Gasteiger charge is 2.44. The standard InChI is InChI=1S/C17H30O2Si/c1-13(2)20(14(3)4,15(5)6)19-12-17-9-7-8-16(10-17)11-18/h7-10,13-15,18H,11-12H2,1-6H3. The van der Waals surface area contributed by atoms with Gasteiger partial charge in [0.2, 0.25) is 8.32 Å². The Morgan fingerprint density at radius 2 is 1.45 bits per heavy atom. The van der Waals surface area contributed by atoms with E-state index in [1.54, 1.807) is 0 Å². The van der Waals surface area contributed by atoms with Crippen LogP contribution in [0.2, 0.25) is 16.6 Å². The zero-order valence-corrected chi connectivity index (χ0v) is 14.8. The van der Waals surface area contributed by atoms with Crippen molar-refractivity contribution in [2.45, 2.75) is 71.4 Å². The Bertz CT molecular complexity index is 391. The summed E-state index contributed by atoms with van der Waals surface area (Å²) in [4.78, 5) is 0. The van der Waals surface area contributed by atoms with E-state index in [1.165, 1.54) is 0 Å². The van der Waals surface area contributed by atoms with Crippen molar-refractivity contribution in [1.29, 1.82) is 0 Å². The van der Waals surface area contributed by atoms with Gasteiger partial charge in [-0.05, 0) is 27.8 Å². The summed E-state index contributed by atoms with van der Waals surface area (Å²) in [6, 6.07) is 8.06. The van der Waals surface area contributed by atoms with Gasteiger partial charge in [0.25, 0.3) is 0 Å². The Kier molecular flexibility index (Phi) is 6.43. The van der Waals surface area contributed by atoms with E-state index in [0.717, 1.165) is 11.1 Å². The molecule has 1 N–H and O–H groups in total. The molecule has 0 heterocycles. The monoisotopic (exact) mass is 294 g/mol. The Labute approximate surface area is 125 Å². The summed E-state index contributed by atoms with van der Waals surface area (Å²) in [5, 5.41) is 9.22. The molecule has 0 saturated carbocycles. The van der Waals surface area contributed by atoms with Crippen LogP contribution in [0.1, 0.15) is 52.7 Å². The summed E-state index contributed by atoms with van der Waals surface area (Å²) in [6.07, 6.45) is 0. The highest BCUT2D eigenvalue weighted by atomic mass is 28.4. The first-order valence-electron chi connectivity index (χ1n) is 7.67. The molecule has 1 rings (SSSR count). The second kappa shape index (κ2) is 7.39. The van der Waals surface area contributed by atoms with Gasteiger partial charge in [-0.15, -0.1) is 0 Å². The van der Waals surface area contributed by atoms with Gasteiger partial charge in [0.1, 0.15) is 0 Å². The summed E-state index contributed by atoms with van der Waals surface area (Å²) >= 11 is 0. The van der Waals surface area contributed by atoms with Crippen LogP contribution in [0.15, 0.2) is 24.3 Å². The quantitative estimate of drug-likeness (QED) is 0.727. The fourth-order valence-electron chi connectivity index (χ4n) is 3.53. The molecule has 114 valence electrons. The fourth-order valence-corrected chi connectivity index (χ4v) is 8.94. The van der Waals surface area contributed by atoms with E-state index < -0.39 is 8.32 Å². The van der Waals surface area contributed by atoms with Crippen molar-refractivity contribution in [2.24, 2.45) is 0 Å². The molecule has 0 amide bonds. The van der Waals surface area contributed by atoms with Crippen LogP contribution >= 0.6 is 0 Å². The maximum absolute atomic E-state index is 9.22. The smallest absolute Gasteiger partial charge is 0.200 e. The van der Waals surface area contributed by atoms with Gasteiger partial charge in [0.15, 0.2) is 0 Å². The van der Waals surface area contributed by atoms with Crippen molar-refractivity contribution >= 4 is 8.32 Å². The molecule has 0 aliphatic heterocycles. The van der Waals surface area contributed by atoms with Gasteiger partial charge in [0, 0.05) is 0 Å². The molecule has 1 aromatic carbocycles. The number of hydrogen-bond donors (Lipinski definition) is 1. The molecular formula is C17H30O2Si. The SMILES string of the molecule is CC(C)[Si](OCc1cccc(CO)c1)(C(C)C)C(C)C. The molecule has 0 aliphatic carbocycles. The van der Waals surface area contributed by atoms with Crippen molar-refractivity contribution in [1.82, 2.24) is 0 Å². The van der Waals surface area contributed by atoms with Gasteiger partial charge in [-0.2, -0.15) is 0 Å². The second-order valence-corrected chi connectivity index (χ2v) is 12.0. The minimum atomic E-state index is -1.80. The van der Waals surface area contributed by atoms with E-state index in [4.69, 9.17) is 4.43 Å². The molecule has 0 fully saturated rings. The van der Waals surface area contributed by atoms with Gasteiger partial charge >= 0.3 is 0 Å². The Morgan fingerprint density at radius 1 is 0.950 bits per heavy atom. The van der Waals surface area contributed by atoms with Crippen LogP contribution in [-0.4, -0.2) is 13.4 Å². The Morgan fingerprint density at radius 3 is 1.90 bits per heavy atom. The average Bonchev–Trinajstić information content (AvgIpc) is 2.38. The maximum Gasteiger partial charge on any atom is 0.200 e. The summed E-state index contributed by atoms with van der Waals surface area (Å²) in [6.45, 7) is 14.6. The van der Waals surface area contributed by atoms with Crippen molar-refractivity contribution in [3.05, 3.63) is 35.4 Å². The van der Waals surface area contributed by atoms with Crippen molar-refractivity contribution in [2.75, 3.05) is 0 Å². The minimum absolute atomic E-state index is 0.0922. The third-order valence-electron chi connectivity index (χ3n) is 4.37. The van der Waals surface area contributed by atoms with E-state index in [2.05, 4.69) is 47.6 Å². The highest BCUT2D eigenvalue weighted by Crippen LogP contribution is 2.42. The summed E-state index contributed by atoms with van der Waals surface area (Å²) in [5.41, 5.74) is 3.92. The lowest BCUT2D eigenvalue weighted by molar-refractivity contribution is 0.264. The number of benzene rings is 1. The normalized spacial score (nSPS) is 12.7. The van der Waals surface area contributed by atoms with Gasteiger partial charge in [-0.25, -0.2) is 0 Å². The number of aliphatic hydroxyl groups excluding tert-OH is 1. The molecule has 0 spiro atoms. The van der Waals surface area contributed by atoms with Crippen LogP contribution in [0.3, 0.4) is 0 Å². The van der Waals surface area contributed by atoms with E-state index >= 15 is 0 Å². The lowest BCUT2D eigenvalue weighted by Gasteiger charge is -2.42. The topological polar surface area (TPSA) is 29.5 Å². The van der Waals surface area contributed by atoms with Crippen LogP contribution in [-0.2, 0) is 17.6 Å². The van der Waals surface area contributed by atoms with Crippen LogP contribution < -0.4 is 0 Å². The van der Waals surface area contributed by atoms with Gasteiger partial charge in [-0.1, -0.05) is 65.8 Å². The first-order valence-corrected chi connectivity index (χ1v) is 9.81. The molecule has 0 saturated heterocycles. The summed E-state index contributed by atoms with van der Waals surface area (Å²) in [7, 11) is -1.80. The predicted molar refractivity (Wildman–Crippen MR) is 88.2 cm³/mol. The minimum Gasteiger partial charge on any atom is -0.412 e. The first kappa shape index (κ1) is 17.4. The first-order chi connectivity index (χ1) is 9.34. The molecule has 0 aromatic heterocycles. The van der Waals surface area contributed by atoms with Crippen molar-refractivity contribution in [3.63, 3.8) is 0 Å². The van der Waals surface area contributed by atoms with Crippen LogP contribution in [0.25, 0.3) is 0 Å². The number of rotatable bonds is 7. The maximum atomic E-state index is 9.22. The molecular weight excluding hydrogens is 264 g/mol. The molecule has 1 aromatic rings. The lowest BCUT2D eigenvalue weighted by atomic mass is 10.1. The summed E-state index contributed by atoms with van der Waals surface area (Å²) < 4.78 is 6.56. The molecule has 20 heavy (non-hydrogen) atoms. The molecule has 0 aliphatic rings. The number of hydrogen-bond acceptors (Lipinski definition) is 2. The third kappa shape index (κ3) is 3.71. The van der Waals surface area contributed by atoms with E-state index in [0.29, 0.717) is 23.2 Å². The fraction of sp³-hybridized carbons (Fsp3) is 0.647. The van der Waals surface area contributed by atoms with E-state index in [1.807, 2.05) is 18.2 Å². The van der Waals surface area contributed by atoms with Crippen LogP contribution in [0, 0.1) is 0 Å². The van der Waals surface area contributed by atoms with E-state index in [9.17, 15) is 5.11 Å². The van der Waals surface area contributed by atoms with Gasteiger partial charge < -0.3 is 9.53 Å². The molecule has 0 unspecified atom stereocenters. The predicted octanol–water partition coefficient (Wildman–Crippen LogP) is 4.87. The molecule has 0 bridgehead atoms. The number of aliphatic hydroxyl groups is 1. The molecule has 0 atom stereocenters. The van der Waals surface area contributed by atoms with Crippen molar-refractivity contribution < 1.29 is 9.53 Å². The Balaban J connectivity index is 2.91.